The van der Waals surface area contributed by atoms with Gasteiger partial charge in [-0.2, -0.15) is 0 Å². The molecule has 0 fully saturated rings. The van der Waals surface area contributed by atoms with E-state index in [2.05, 4.69) is 240 Å². The van der Waals surface area contributed by atoms with E-state index in [1.54, 1.807) is 0 Å². The summed E-state index contributed by atoms with van der Waals surface area (Å²) in [5.41, 5.74) is 15.4. The van der Waals surface area contributed by atoms with E-state index in [1.807, 2.05) is 0 Å². The standard InChI is InChI=1S/C58H38N2O/c1-4-15-39(16-5-1)41-27-31-44(32-28-41)59(45-33-29-42(30-34-45)40-17-6-2-7-18-40)46-35-36-52-55(37-46)61-56-38-53(47-21-10-11-23-49(47)57(52)56)51-25-14-24-50-48-22-12-13-26-54(48)60(58(50)51)43-19-8-3-9-20-43/h1-38H. The molecule has 0 aliphatic rings. The second kappa shape index (κ2) is 14.3. The topological polar surface area (TPSA) is 21.3 Å². The van der Waals surface area contributed by atoms with Gasteiger partial charge in [0.1, 0.15) is 11.2 Å². The molecule has 12 aromatic rings. The Bertz CT molecular complexity index is 3470. The van der Waals surface area contributed by atoms with E-state index in [0.717, 1.165) is 50.3 Å². The Morgan fingerprint density at radius 2 is 0.852 bits per heavy atom. The summed E-state index contributed by atoms with van der Waals surface area (Å²) in [6.45, 7) is 0. The molecule has 3 nitrogen and oxygen atoms in total. The van der Waals surface area contributed by atoms with Crippen LogP contribution in [0.1, 0.15) is 0 Å². The van der Waals surface area contributed by atoms with Crippen molar-refractivity contribution in [2.45, 2.75) is 0 Å². The molecule has 286 valence electrons. The number of nitrogens with zero attached hydrogens (tertiary/aromatic N) is 2. The van der Waals surface area contributed by atoms with E-state index in [4.69, 9.17) is 4.42 Å². The molecule has 2 aromatic heterocycles. The number of para-hydroxylation sites is 3. The molecule has 61 heavy (non-hydrogen) atoms. The van der Waals surface area contributed by atoms with Crippen molar-refractivity contribution in [3.63, 3.8) is 0 Å². The normalized spacial score (nSPS) is 11.6. The molecule has 0 saturated carbocycles. The van der Waals surface area contributed by atoms with Crippen molar-refractivity contribution in [1.29, 1.82) is 0 Å². The van der Waals surface area contributed by atoms with E-state index < -0.39 is 0 Å². The average molecular weight is 779 g/mol. The van der Waals surface area contributed by atoms with Crippen LogP contribution in [-0.4, -0.2) is 4.57 Å². The fourth-order valence-electron chi connectivity index (χ4n) is 9.39. The molecule has 0 amide bonds. The summed E-state index contributed by atoms with van der Waals surface area (Å²) in [5.74, 6) is 0. The molecular weight excluding hydrogens is 741 g/mol. The fraction of sp³-hybridized carbons (Fsp3) is 0. The third-order valence-electron chi connectivity index (χ3n) is 12.2. The van der Waals surface area contributed by atoms with Gasteiger partial charge in [0, 0.05) is 55.9 Å². The second-order valence-corrected chi connectivity index (χ2v) is 15.7. The van der Waals surface area contributed by atoms with Gasteiger partial charge in [-0.3, -0.25) is 0 Å². The molecule has 3 heteroatoms. The lowest BCUT2D eigenvalue weighted by Crippen LogP contribution is -2.09. The lowest BCUT2D eigenvalue weighted by molar-refractivity contribution is 0.669. The van der Waals surface area contributed by atoms with Crippen molar-refractivity contribution < 1.29 is 4.42 Å². The maximum atomic E-state index is 6.99. The summed E-state index contributed by atoms with van der Waals surface area (Å²) in [6, 6.07) is 82.6. The van der Waals surface area contributed by atoms with Crippen LogP contribution in [0.2, 0.25) is 0 Å². The molecule has 0 aliphatic heterocycles. The highest BCUT2D eigenvalue weighted by Gasteiger charge is 2.22. The minimum Gasteiger partial charge on any atom is -0.456 e. The van der Waals surface area contributed by atoms with Gasteiger partial charge in [0.25, 0.3) is 0 Å². The number of hydrogen-bond acceptors (Lipinski definition) is 2. The first-order valence-corrected chi connectivity index (χ1v) is 20.8. The number of benzene rings is 10. The zero-order valence-corrected chi connectivity index (χ0v) is 33.2. The van der Waals surface area contributed by atoms with Crippen LogP contribution >= 0.6 is 0 Å². The summed E-state index contributed by atoms with van der Waals surface area (Å²) in [5, 5.41) is 7.05. The van der Waals surface area contributed by atoms with E-state index in [1.165, 1.54) is 60.4 Å². The van der Waals surface area contributed by atoms with Crippen molar-refractivity contribution in [3.8, 4) is 39.1 Å². The molecular formula is C58H38N2O. The largest absolute Gasteiger partial charge is 0.456 e. The number of fused-ring (bicyclic) bond motifs is 8. The Balaban J connectivity index is 1.04. The van der Waals surface area contributed by atoms with Crippen LogP contribution in [0, 0.1) is 0 Å². The van der Waals surface area contributed by atoms with Crippen molar-refractivity contribution in [2.24, 2.45) is 0 Å². The monoisotopic (exact) mass is 778 g/mol. The maximum Gasteiger partial charge on any atom is 0.137 e. The van der Waals surface area contributed by atoms with Crippen LogP contribution in [-0.2, 0) is 0 Å². The van der Waals surface area contributed by atoms with Crippen LogP contribution in [0.25, 0.3) is 93.6 Å². The van der Waals surface area contributed by atoms with Gasteiger partial charge in [-0.15, -0.1) is 0 Å². The summed E-state index contributed by atoms with van der Waals surface area (Å²) < 4.78 is 9.41. The van der Waals surface area contributed by atoms with E-state index >= 15 is 0 Å². The maximum absolute atomic E-state index is 6.99. The highest BCUT2D eigenvalue weighted by molar-refractivity contribution is 6.24. The van der Waals surface area contributed by atoms with Crippen LogP contribution in [0.15, 0.2) is 235 Å². The van der Waals surface area contributed by atoms with E-state index in [9.17, 15) is 0 Å². The summed E-state index contributed by atoms with van der Waals surface area (Å²) >= 11 is 0. The molecule has 0 unspecified atom stereocenters. The Morgan fingerprint density at radius 1 is 0.328 bits per heavy atom. The number of hydrogen-bond donors (Lipinski definition) is 0. The quantitative estimate of drug-likeness (QED) is 0.161. The first-order valence-electron chi connectivity index (χ1n) is 20.8. The molecule has 2 heterocycles. The lowest BCUT2D eigenvalue weighted by Gasteiger charge is -2.26. The fourth-order valence-corrected chi connectivity index (χ4v) is 9.39. The minimum atomic E-state index is 0.846. The number of rotatable bonds is 7. The van der Waals surface area contributed by atoms with Gasteiger partial charge in [0.2, 0.25) is 0 Å². The Labute approximate surface area is 353 Å². The van der Waals surface area contributed by atoms with Crippen molar-refractivity contribution >= 4 is 71.6 Å². The first kappa shape index (κ1) is 34.9. The third-order valence-corrected chi connectivity index (χ3v) is 12.2. The highest BCUT2D eigenvalue weighted by atomic mass is 16.3. The predicted octanol–water partition coefficient (Wildman–Crippen LogP) is 16.3. The van der Waals surface area contributed by atoms with Gasteiger partial charge in [-0.05, 0) is 99.3 Å². The van der Waals surface area contributed by atoms with Gasteiger partial charge in [-0.1, -0.05) is 164 Å². The molecule has 0 saturated heterocycles. The number of aromatic nitrogens is 1. The molecule has 0 spiro atoms. The molecule has 0 radical (unpaired) electrons. The van der Waals surface area contributed by atoms with Crippen molar-refractivity contribution in [3.05, 3.63) is 231 Å². The molecule has 10 aromatic carbocycles. The molecule has 0 bridgehead atoms. The smallest absolute Gasteiger partial charge is 0.137 e. The summed E-state index contributed by atoms with van der Waals surface area (Å²) in [6.07, 6.45) is 0. The van der Waals surface area contributed by atoms with Crippen molar-refractivity contribution in [2.75, 3.05) is 4.90 Å². The first-order chi connectivity index (χ1) is 30.3. The third kappa shape index (κ3) is 5.82. The van der Waals surface area contributed by atoms with Crippen LogP contribution < -0.4 is 4.90 Å². The SMILES string of the molecule is c1ccc(-c2ccc(N(c3ccc(-c4ccccc4)cc3)c3ccc4c(c3)oc3cc(-c5cccc6c7ccccc7n(-c7ccccc7)c56)c5ccccc5c34)cc2)cc1. The highest BCUT2D eigenvalue weighted by Crippen LogP contribution is 2.46. The summed E-state index contributed by atoms with van der Waals surface area (Å²) in [4.78, 5) is 2.32. The van der Waals surface area contributed by atoms with Crippen LogP contribution in [0.4, 0.5) is 17.1 Å². The zero-order valence-electron chi connectivity index (χ0n) is 33.2. The molecule has 12 rings (SSSR count). The zero-order chi connectivity index (χ0) is 40.3. The van der Waals surface area contributed by atoms with E-state index in [0.29, 0.717) is 0 Å². The van der Waals surface area contributed by atoms with Gasteiger partial charge < -0.3 is 13.9 Å². The van der Waals surface area contributed by atoms with Gasteiger partial charge in [0.15, 0.2) is 0 Å². The number of anilines is 3. The minimum absolute atomic E-state index is 0.846. The van der Waals surface area contributed by atoms with E-state index in [-0.39, 0.29) is 0 Å². The van der Waals surface area contributed by atoms with Gasteiger partial charge in [-0.25, -0.2) is 0 Å². The Kier molecular flexibility index (Phi) is 8.17. The second-order valence-electron chi connectivity index (χ2n) is 15.7. The lowest BCUT2D eigenvalue weighted by atomic mass is 9.93. The summed E-state index contributed by atoms with van der Waals surface area (Å²) in [7, 11) is 0. The molecule has 0 aliphatic carbocycles. The van der Waals surface area contributed by atoms with Gasteiger partial charge >= 0.3 is 0 Å². The van der Waals surface area contributed by atoms with Crippen LogP contribution in [0.5, 0.6) is 0 Å². The number of furan rings is 1. The Hall–Kier alpha value is -8.14. The van der Waals surface area contributed by atoms with Crippen LogP contribution in [0.3, 0.4) is 0 Å². The Morgan fingerprint density at radius 3 is 1.51 bits per heavy atom. The van der Waals surface area contributed by atoms with Gasteiger partial charge in [0.05, 0.1) is 11.0 Å². The average Bonchev–Trinajstić information content (AvgIpc) is 3.88. The molecule has 0 atom stereocenters. The van der Waals surface area contributed by atoms with Crippen molar-refractivity contribution in [1.82, 2.24) is 4.57 Å². The molecule has 0 N–H and O–H groups in total. The predicted molar refractivity (Wildman–Crippen MR) is 257 cm³/mol.